The molecule has 2 rings (SSSR count). The van der Waals surface area contributed by atoms with Crippen LogP contribution in [-0.2, 0) is 16.1 Å². The second kappa shape index (κ2) is 9.57. The lowest BCUT2D eigenvalue weighted by molar-refractivity contribution is -0.127. The van der Waals surface area contributed by atoms with Gasteiger partial charge in [0.05, 0.1) is 16.7 Å². The van der Waals surface area contributed by atoms with Crippen molar-refractivity contribution in [3.63, 3.8) is 0 Å². The summed E-state index contributed by atoms with van der Waals surface area (Å²) in [5.74, 6) is -0.554. The van der Waals surface area contributed by atoms with Gasteiger partial charge in [-0.3, -0.25) is 19.0 Å². The van der Waals surface area contributed by atoms with Gasteiger partial charge in [-0.05, 0) is 32.0 Å². The van der Waals surface area contributed by atoms with Gasteiger partial charge in [-0.15, -0.1) is 6.58 Å². The summed E-state index contributed by atoms with van der Waals surface area (Å²) in [6, 6.07) is 4.25. The van der Waals surface area contributed by atoms with Crippen LogP contribution in [0.2, 0.25) is 5.02 Å². The van der Waals surface area contributed by atoms with E-state index in [-0.39, 0.29) is 29.7 Å². The van der Waals surface area contributed by atoms with Crippen molar-refractivity contribution in [2.24, 2.45) is 0 Å². The SMILES string of the molecule is C=CCn1c(SCC(=O)N[C@H](C)C(=O)NCC)nc2ccc(Cl)cc2c1=O. The molecule has 144 valence electrons. The molecule has 0 aliphatic carbocycles. The van der Waals surface area contributed by atoms with E-state index in [0.717, 1.165) is 11.8 Å². The van der Waals surface area contributed by atoms with Crippen LogP contribution < -0.4 is 16.2 Å². The lowest BCUT2D eigenvalue weighted by atomic mass is 10.2. The summed E-state index contributed by atoms with van der Waals surface area (Å²) in [4.78, 5) is 41.0. The Morgan fingerprint density at radius 3 is 2.85 bits per heavy atom. The van der Waals surface area contributed by atoms with Gasteiger partial charge in [-0.1, -0.05) is 29.4 Å². The molecule has 0 bridgehead atoms. The number of hydrogen-bond acceptors (Lipinski definition) is 5. The molecule has 9 heteroatoms. The fourth-order valence-electron chi connectivity index (χ4n) is 2.38. The first-order valence-electron chi connectivity index (χ1n) is 8.38. The highest BCUT2D eigenvalue weighted by Gasteiger charge is 2.17. The fourth-order valence-corrected chi connectivity index (χ4v) is 3.37. The molecule has 2 N–H and O–H groups in total. The topological polar surface area (TPSA) is 93.1 Å². The van der Waals surface area contributed by atoms with Crippen molar-refractivity contribution < 1.29 is 9.59 Å². The summed E-state index contributed by atoms with van der Waals surface area (Å²) in [5, 5.41) is 6.52. The molecule has 0 radical (unpaired) electrons. The number of allylic oxidation sites excluding steroid dienone is 1. The number of thioether (sulfide) groups is 1. The van der Waals surface area contributed by atoms with Crippen LogP contribution in [0.1, 0.15) is 13.8 Å². The maximum Gasteiger partial charge on any atom is 0.262 e. The third kappa shape index (κ3) is 5.33. The van der Waals surface area contributed by atoms with Crippen LogP contribution in [0, 0.1) is 0 Å². The van der Waals surface area contributed by atoms with Crippen LogP contribution in [0.25, 0.3) is 10.9 Å². The van der Waals surface area contributed by atoms with Crippen molar-refractivity contribution in [1.82, 2.24) is 20.2 Å². The van der Waals surface area contributed by atoms with Crippen LogP contribution in [0.5, 0.6) is 0 Å². The van der Waals surface area contributed by atoms with Gasteiger partial charge in [-0.25, -0.2) is 4.98 Å². The zero-order chi connectivity index (χ0) is 20.0. The molecule has 0 aliphatic heterocycles. The third-order valence-electron chi connectivity index (χ3n) is 3.65. The Hall–Kier alpha value is -2.32. The van der Waals surface area contributed by atoms with E-state index < -0.39 is 6.04 Å². The van der Waals surface area contributed by atoms with E-state index in [4.69, 9.17) is 11.6 Å². The van der Waals surface area contributed by atoms with Crippen molar-refractivity contribution >= 4 is 46.1 Å². The van der Waals surface area contributed by atoms with E-state index >= 15 is 0 Å². The normalized spacial score (nSPS) is 11.8. The van der Waals surface area contributed by atoms with E-state index in [9.17, 15) is 14.4 Å². The van der Waals surface area contributed by atoms with Gasteiger partial charge in [0.2, 0.25) is 11.8 Å². The fraction of sp³-hybridized carbons (Fsp3) is 0.333. The molecule has 27 heavy (non-hydrogen) atoms. The molecular weight excluding hydrogens is 388 g/mol. The maximum absolute atomic E-state index is 12.7. The van der Waals surface area contributed by atoms with Crippen LogP contribution in [0.15, 0.2) is 40.8 Å². The highest BCUT2D eigenvalue weighted by molar-refractivity contribution is 7.99. The number of likely N-dealkylation sites (N-methyl/N-ethyl adjacent to an activating group) is 1. The Bertz CT molecular complexity index is 929. The van der Waals surface area contributed by atoms with Gasteiger partial charge in [0.25, 0.3) is 5.56 Å². The Morgan fingerprint density at radius 2 is 2.19 bits per heavy atom. The average Bonchev–Trinajstić information content (AvgIpc) is 2.63. The van der Waals surface area contributed by atoms with Gasteiger partial charge in [-0.2, -0.15) is 0 Å². The number of nitrogens with zero attached hydrogens (tertiary/aromatic N) is 2. The minimum absolute atomic E-state index is 0.0203. The lowest BCUT2D eigenvalue weighted by Gasteiger charge is -2.14. The smallest absolute Gasteiger partial charge is 0.262 e. The number of amides is 2. The van der Waals surface area contributed by atoms with E-state index in [1.165, 1.54) is 4.57 Å². The number of fused-ring (bicyclic) bond motifs is 1. The van der Waals surface area contributed by atoms with Gasteiger partial charge in [0.1, 0.15) is 6.04 Å². The Balaban J connectivity index is 2.20. The zero-order valence-electron chi connectivity index (χ0n) is 15.1. The molecule has 1 atom stereocenters. The number of carbonyl (C=O) groups is 2. The van der Waals surface area contributed by atoms with E-state index in [1.807, 2.05) is 0 Å². The number of aromatic nitrogens is 2. The summed E-state index contributed by atoms with van der Waals surface area (Å²) in [6.45, 7) is 7.83. The molecular formula is C18H21ClN4O3S. The van der Waals surface area contributed by atoms with Crippen molar-refractivity contribution in [3.8, 4) is 0 Å². The van der Waals surface area contributed by atoms with Crippen molar-refractivity contribution in [2.75, 3.05) is 12.3 Å². The highest BCUT2D eigenvalue weighted by atomic mass is 35.5. The van der Waals surface area contributed by atoms with Gasteiger partial charge < -0.3 is 10.6 Å². The predicted molar refractivity (Wildman–Crippen MR) is 108 cm³/mol. The molecule has 1 aromatic carbocycles. The van der Waals surface area contributed by atoms with Crippen LogP contribution in [-0.4, -0.2) is 39.7 Å². The van der Waals surface area contributed by atoms with Gasteiger partial charge >= 0.3 is 0 Å². The third-order valence-corrected chi connectivity index (χ3v) is 4.86. The van der Waals surface area contributed by atoms with Crippen molar-refractivity contribution in [1.29, 1.82) is 0 Å². The number of rotatable bonds is 8. The van der Waals surface area contributed by atoms with Crippen molar-refractivity contribution in [2.45, 2.75) is 31.6 Å². The molecule has 2 aromatic rings. The first-order chi connectivity index (χ1) is 12.9. The largest absolute Gasteiger partial charge is 0.355 e. The number of nitrogens with one attached hydrogen (secondary N) is 2. The maximum atomic E-state index is 12.7. The first kappa shape index (κ1) is 21.0. The monoisotopic (exact) mass is 408 g/mol. The minimum Gasteiger partial charge on any atom is -0.355 e. The molecule has 0 fully saturated rings. The van der Waals surface area contributed by atoms with Gasteiger partial charge in [0.15, 0.2) is 5.16 Å². The number of halogens is 1. The summed E-state index contributed by atoms with van der Waals surface area (Å²) in [6.07, 6.45) is 1.58. The van der Waals surface area contributed by atoms with E-state index in [1.54, 1.807) is 38.1 Å². The molecule has 2 amide bonds. The average molecular weight is 409 g/mol. The van der Waals surface area contributed by atoms with Crippen LogP contribution >= 0.6 is 23.4 Å². The number of hydrogen-bond donors (Lipinski definition) is 2. The van der Waals surface area contributed by atoms with Gasteiger partial charge in [0, 0.05) is 18.1 Å². The standard InChI is InChI=1S/C18H21ClN4O3S/c1-4-8-23-17(26)13-9-12(19)6-7-14(13)22-18(23)27-10-15(24)21-11(3)16(25)20-5-2/h4,6-7,9,11H,1,5,8,10H2,2-3H3,(H,20,25)(H,21,24)/t11-/m1/s1. The molecule has 0 saturated carbocycles. The quantitative estimate of drug-likeness (QED) is 0.395. The summed E-state index contributed by atoms with van der Waals surface area (Å²) in [5.41, 5.74) is 0.254. The predicted octanol–water partition coefficient (Wildman–Crippen LogP) is 1.97. The van der Waals surface area contributed by atoms with Crippen molar-refractivity contribution in [3.05, 3.63) is 46.2 Å². The molecule has 0 saturated heterocycles. The van der Waals surface area contributed by atoms with Crippen LogP contribution in [0.4, 0.5) is 0 Å². The molecule has 0 spiro atoms. The Kier molecular flexibility index (Phi) is 7.44. The second-order valence-electron chi connectivity index (χ2n) is 5.73. The summed E-state index contributed by atoms with van der Waals surface area (Å²) in [7, 11) is 0. The molecule has 0 unspecified atom stereocenters. The zero-order valence-corrected chi connectivity index (χ0v) is 16.7. The van der Waals surface area contributed by atoms with E-state index in [0.29, 0.717) is 27.6 Å². The summed E-state index contributed by atoms with van der Waals surface area (Å²) < 4.78 is 1.44. The van der Waals surface area contributed by atoms with Crippen LogP contribution in [0.3, 0.4) is 0 Å². The molecule has 1 aromatic heterocycles. The molecule has 0 aliphatic rings. The number of carbonyl (C=O) groups excluding carboxylic acids is 2. The highest BCUT2D eigenvalue weighted by Crippen LogP contribution is 2.20. The first-order valence-corrected chi connectivity index (χ1v) is 9.74. The molecule has 1 heterocycles. The minimum atomic E-state index is -0.639. The summed E-state index contributed by atoms with van der Waals surface area (Å²) >= 11 is 7.09. The molecule has 7 nitrogen and oxygen atoms in total. The number of benzene rings is 1. The Labute approximate surface area is 166 Å². The second-order valence-corrected chi connectivity index (χ2v) is 7.11. The van der Waals surface area contributed by atoms with E-state index in [2.05, 4.69) is 22.2 Å². The lowest BCUT2D eigenvalue weighted by Crippen LogP contribution is -2.45. The Morgan fingerprint density at radius 1 is 1.44 bits per heavy atom.